The molecule has 0 bridgehead atoms. The van der Waals surface area contributed by atoms with Gasteiger partial charge in [-0.2, -0.15) is 0 Å². The van der Waals surface area contributed by atoms with Crippen molar-refractivity contribution >= 4 is 33.1 Å². The molecule has 1 N–H and O–H groups in total. The molecule has 0 aliphatic carbocycles. The summed E-state index contributed by atoms with van der Waals surface area (Å²) in [5, 5.41) is 6.50. The first-order valence-electron chi connectivity index (χ1n) is 7.18. The highest BCUT2D eigenvalue weighted by Gasteiger charge is 2.15. The minimum atomic E-state index is 0.259. The van der Waals surface area contributed by atoms with Crippen LogP contribution in [-0.4, -0.2) is 35.4 Å². The van der Waals surface area contributed by atoms with Gasteiger partial charge in [0.25, 0.3) is 0 Å². The lowest BCUT2D eigenvalue weighted by Gasteiger charge is -2.26. The largest absolute Gasteiger partial charge is 0.369 e. The molecule has 3 rings (SSSR count). The molecule has 0 aromatic carbocycles. The van der Waals surface area contributed by atoms with Crippen molar-refractivity contribution in [2.45, 2.75) is 25.7 Å². The van der Waals surface area contributed by atoms with E-state index in [4.69, 9.17) is 0 Å². The van der Waals surface area contributed by atoms with Crippen LogP contribution in [0.4, 0.5) is 5.82 Å². The van der Waals surface area contributed by atoms with Crippen molar-refractivity contribution in [3.05, 3.63) is 23.7 Å². The molecule has 0 radical (unpaired) electrons. The summed E-state index contributed by atoms with van der Waals surface area (Å²) < 4.78 is 1.23. The maximum Gasteiger partial charge on any atom is 0.224 e. The normalized spacial score (nSPS) is 15.5. The van der Waals surface area contributed by atoms with Crippen molar-refractivity contribution in [2.24, 2.45) is 0 Å². The minimum Gasteiger partial charge on any atom is -0.369 e. The fraction of sp³-hybridized carbons (Fsp3) is 0.467. The second kappa shape index (κ2) is 6.22. The van der Waals surface area contributed by atoms with Crippen molar-refractivity contribution in [1.82, 2.24) is 9.88 Å². The predicted molar refractivity (Wildman–Crippen MR) is 83.2 cm³/mol. The number of anilines is 1. The van der Waals surface area contributed by atoms with Gasteiger partial charge in [-0.05, 0) is 36.8 Å². The SMILES string of the molecule is O=C(CCNc1nccc2sccc12)N1CCCCC1. The van der Waals surface area contributed by atoms with Crippen LogP contribution in [-0.2, 0) is 4.79 Å². The van der Waals surface area contributed by atoms with E-state index in [9.17, 15) is 4.79 Å². The van der Waals surface area contributed by atoms with E-state index in [1.165, 1.54) is 11.1 Å². The highest BCUT2D eigenvalue weighted by Crippen LogP contribution is 2.25. The lowest BCUT2D eigenvalue weighted by Crippen LogP contribution is -2.36. The number of piperidine rings is 1. The first kappa shape index (κ1) is 13.4. The predicted octanol–water partition coefficient (Wildman–Crippen LogP) is 3.11. The minimum absolute atomic E-state index is 0.259. The smallest absolute Gasteiger partial charge is 0.224 e. The van der Waals surface area contributed by atoms with Crippen LogP contribution in [0, 0.1) is 0 Å². The lowest BCUT2D eigenvalue weighted by atomic mass is 10.1. The zero-order valence-corrected chi connectivity index (χ0v) is 12.3. The van der Waals surface area contributed by atoms with Crippen molar-refractivity contribution in [3.63, 3.8) is 0 Å². The van der Waals surface area contributed by atoms with Crippen molar-refractivity contribution in [2.75, 3.05) is 25.0 Å². The molecule has 0 spiro atoms. The van der Waals surface area contributed by atoms with E-state index in [1.807, 2.05) is 17.2 Å². The van der Waals surface area contributed by atoms with Crippen LogP contribution in [0.1, 0.15) is 25.7 Å². The molecule has 20 heavy (non-hydrogen) atoms. The molecule has 1 amide bonds. The number of carbonyl (C=O) groups excluding carboxylic acids is 1. The second-order valence-electron chi connectivity index (χ2n) is 5.11. The summed E-state index contributed by atoms with van der Waals surface area (Å²) in [5.41, 5.74) is 0. The lowest BCUT2D eigenvalue weighted by molar-refractivity contribution is -0.131. The molecule has 2 aromatic rings. The average Bonchev–Trinajstić information content (AvgIpc) is 2.97. The standard InChI is InChI=1S/C15H19N3OS/c19-14(18-9-2-1-3-10-18)5-8-17-15-12-6-11-20-13(12)4-7-16-15/h4,6-7,11H,1-3,5,8-10H2,(H,16,17). The maximum atomic E-state index is 12.1. The Morgan fingerprint density at radius 2 is 2.15 bits per heavy atom. The number of hydrogen-bond donors (Lipinski definition) is 1. The summed E-state index contributed by atoms with van der Waals surface area (Å²) in [6.07, 6.45) is 5.91. The third kappa shape index (κ3) is 2.93. The zero-order valence-electron chi connectivity index (χ0n) is 11.5. The quantitative estimate of drug-likeness (QED) is 0.940. The van der Waals surface area contributed by atoms with E-state index in [0.717, 1.165) is 37.1 Å². The number of nitrogens with zero attached hydrogens (tertiary/aromatic N) is 2. The van der Waals surface area contributed by atoms with Gasteiger partial charge in [-0.25, -0.2) is 4.98 Å². The Kier molecular flexibility index (Phi) is 4.16. The number of pyridine rings is 1. The van der Waals surface area contributed by atoms with Gasteiger partial charge in [0.05, 0.1) is 0 Å². The number of amides is 1. The number of rotatable bonds is 4. The van der Waals surface area contributed by atoms with Crippen LogP contribution in [0.2, 0.25) is 0 Å². The molecule has 5 heteroatoms. The van der Waals surface area contributed by atoms with Gasteiger partial charge in [-0.15, -0.1) is 11.3 Å². The van der Waals surface area contributed by atoms with E-state index in [0.29, 0.717) is 13.0 Å². The molecular weight excluding hydrogens is 270 g/mol. The topological polar surface area (TPSA) is 45.2 Å². The van der Waals surface area contributed by atoms with Crippen molar-refractivity contribution in [3.8, 4) is 0 Å². The molecule has 0 unspecified atom stereocenters. The Labute approximate surface area is 122 Å². The molecule has 3 heterocycles. The van der Waals surface area contributed by atoms with E-state index in [-0.39, 0.29) is 5.91 Å². The van der Waals surface area contributed by atoms with E-state index in [2.05, 4.69) is 21.7 Å². The van der Waals surface area contributed by atoms with Crippen LogP contribution in [0.3, 0.4) is 0 Å². The van der Waals surface area contributed by atoms with Gasteiger partial charge in [-0.3, -0.25) is 4.79 Å². The van der Waals surface area contributed by atoms with E-state index >= 15 is 0 Å². The van der Waals surface area contributed by atoms with Gasteiger partial charge in [0.2, 0.25) is 5.91 Å². The Morgan fingerprint density at radius 3 is 3.00 bits per heavy atom. The highest BCUT2D eigenvalue weighted by atomic mass is 32.1. The fourth-order valence-electron chi connectivity index (χ4n) is 2.62. The summed E-state index contributed by atoms with van der Waals surface area (Å²) in [6.45, 7) is 2.51. The Balaban J connectivity index is 1.54. The molecular formula is C15H19N3OS. The molecule has 1 fully saturated rings. The monoisotopic (exact) mass is 289 g/mol. The number of thiophene rings is 1. The summed E-state index contributed by atoms with van der Waals surface area (Å²) in [7, 11) is 0. The first-order valence-corrected chi connectivity index (χ1v) is 8.06. The van der Waals surface area contributed by atoms with E-state index in [1.54, 1.807) is 11.3 Å². The molecule has 1 saturated heterocycles. The summed E-state index contributed by atoms with van der Waals surface area (Å²) in [5.74, 6) is 1.14. The number of carbonyl (C=O) groups is 1. The van der Waals surface area contributed by atoms with Crippen LogP contribution < -0.4 is 5.32 Å². The number of fused-ring (bicyclic) bond motifs is 1. The Morgan fingerprint density at radius 1 is 1.30 bits per heavy atom. The van der Waals surface area contributed by atoms with Gasteiger partial charge in [0.15, 0.2) is 0 Å². The molecule has 0 saturated carbocycles. The summed E-state index contributed by atoms with van der Waals surface area (Å²) >= 11 is 1.71. The second-order valence-corrected chi connectivity index (χ2v) is 6.06. The van der Waals surface area contributed by atoms with Crippen LogP contribution >= 0.6 is 11.3 Å². The molecule has 1 aliphatic heterocycles. The van der Waals surface area contributed by atoms with Crippen LogP contribution in [0.5, 0.6) is 0 Å². The third-order valence-corrected chi connectivity index (χ3v) is 4.60. The third-order valence-electron chi connectivity index (χ3n) is 3.72. The summed E-state index contributed by atoms with van der Waals surface area (Å²) in [6, 6.07) is 4.09. The number of hydrogen-bond acceptors (Lipinski definition) is 4. The highest BCUT2D eigenvalue weighted by molar-refractivity contribution is 7.17. The van der Waals surface area contributed by atoms with Gasteiger partial charge in [0, 0.05) is 42.3 Å². The maximum absolute atomic E-state index is 12.1. The molecule has 4 nitrogen and oxygen atoms in total. The Hall–Kier alpha value is -1.62. The number of nitrogens with one attached hydrogen (secondary N) is 1. The van der Waals surface area contributed by atoms with Gasteiger partial charge >= 0.3 is 0 Å². The van der Waals surface area contributed by atoms with Gasteiger partial charge in [-0.1, -0.05) is 0 Å². The average molecular weight is 289 g/mol. The zero-order chi connectivity index (χ0) is 13.8. The molecule has 2 aromatic heterocycles. The van der Waals surface area contributed by atoms with Crippen molar-refractivity contribution < 1.29 is 4.79 Å². The molecule has 106 valence electrons. The van der Waals surface area contributed by atoms with Crippen LogP contribution in [0.15, 0.2) is 23.7 Å². The first-order chi connectivity index (χ1) is 9.84. The van der Waals surface area contributed by atoms with Crippen LogP contribution in [0.25, 0.3) is 10.1 Å². The fourth-order valence-corrected chi connectivity index (χ4v) is 3.41. The van der Waals surface area contributed by atoms with E-state index < -0.39 is 0 Å². The van der Waals surface area contributed by atoms with Gasteiger partial charge in [0.1, 0.15) is 5.82 Å². The van der Waals surface area contributed by atoms with Crippen molar-refractivity contribution in [1.29, 1.82) is 0 Å². The van der Waals surface area contributed by atoms with Gasteiger partial charge < -0.3 is 10.2 Å². The number of aromatic nitrogens is 1. The molecule has 0 atom stereocenters. The Bertz CT molecular complexity index is 590. The molecule has 1 aliphatic rings. The number of likely N-dealkylation sites (tertiary alicyclic amines) is 1. The summed E-state index contributed by atoms with van der Waals surface area (Å²) in [4.78, 5) is 18.4.